The first-order valence-electron chi connectivity index (χ1n) is 7.04. The second-order valence-electron chi connectivity index (χ2n) is 5.26. The first kappa shape index (κ1) is 13.6. The minimum Gasteiger partial charge on any atom is -0.456 e. The minimum absolute atomic E-state index is 0.205. The summed E-state index contributed by atoms with van der Waals surface area (Å²) in [5.74, 6) is -1.72. The second-order valence-corrected chi connectivity index (χ2v) is 5.26. The van der Waals surface area contributed by atoms with Crippen LogP contribution in [0.4, 0.5) is 8.78 Å². The Hall–Kier alpha value is -3.01. The Balaban J connectivity index is 2.02. The predicted octanol–water partition coefficient (Wildman–Crippen LogP) is 4.89. The van der Waals surface area contributed by atoms with Gasteiger partial charge in [-0.05, 0) is 35.0 Å². The van der Waals surface area contributed by atoms with E-state index in [1.165, 1.54) is 12.1 Å². The molecular weight excluding hydrogens is 298 g/mol. The molecule has 0 bridgehead atoms. The highest BCUT2D eigenvalue weighted by Crippen LogP contribution is 2.27. The molecule has 0 aliphatic rings. The Morgan fingerprint density at radius 1 is 0.826 bits per heavy atom. The highest BCUT2D eigenvalue weighted by Gasteiger charge is 2.11. The third kappa shape index (κ3) is 2.19. The molecule has 1 aromatic heterocycles. The van der Waals surface area contributed by atoms with Crippen LogP contribution < -0.4 is 5.43 Å². The average molecular weight is 308 g/mol. The van der Waals surface area contributed by atoms with E-state index in [9.17, 15) is 13.6 Å². The van der Waals surface area contributed by atoms with Crippen LogP contribution in [0.25, 0.3) is 33.1 Å². The molecule has 0 unspecified atom stereocenters. The lowest BCUT2D eigenvalue weighted by Gasteiger charge is -2.06. The molecule has 0 aliphatic carbocycles. The van der Waals surface area contributed by atoms with Crippen molar-refractivity contribution in [2.75, 3.05) is 0 Å². The molecule has 0 amide bonds. The third-order valence-electron chi connectivity index (χ3n) is 3.82. The average Bonchev–Trinajstić information content (AvgIpc) is 2.56. The molecule has 0 spiro atoms. The molecule has 0 aliphatic heterocycles. The summed E-state index contributed by atoms with van der Waals surface area (Å²) in [5.41, 5.74) is 0.509. The summed E-state index contributed by atoms with van der Waals surface area (Å²) in [6.07, 6.45) is 0. The van der Waals surface area contributed by atoms with Gasteiger partial charge in [-0.15, -0.1) is 0 Å². The van der Waals surface area contributed by atoms with E-state index in [2.05, 4.69) is 0 Å². The maximum Gasteiger partial charge on any atom is 0.193 e. The van der Waals surface area contributed by atoms with Crippen LogP contribution >= 0.6 is 0 Å². The van der Waals surface area contributed by atoms with Crippen LogP contribution in [0.3, 0.4) is 0 Å². The van der Waals surface area contributed by atoms with Crippen molar-refractivity contribution in [2.24, 2.45) is 0 Å². The minimum atomic E-state index is -0.983. The molecule has 0 radical (unpaired) electrons. The molecule has 2 nitrogen and oxygen atoms in total. The van der Waals surface area contributed by atoms with Crippen molar-refractivity contribution < 1.29 is 13.2 Å². The van der Waals surface area contributed by atoms with E-state index in [-0.39, 0.29) is 11.2 Å². The zero-order valence-corrected chi connectivity index (χ0v) is 11.8. The van der Waals surface area contributed by atoms with Gasteiger partial charge in [-0.1, -0.05) is 30.3 Å². The van der Waals surface area contributed by atoms with E-state index < -0.39 is 11.6 Å². The van der Waals surface area contributed by atoms with Crippen LogP contribution in [0.1, 0.15) is 0 Å². The van der Waals surface area contributed by atoms with Gasteiger partial charge in [0.2, 0.25) is 0 Å². The Bertz CT molecular complexity index is 1110. The van der Waals surface area contributed by atoms with Gasteiger partial charge in [0.25, 0.3) is 0 Å². The highest BCUT2D eigenvalue weighted by atomic mass is 19.2. The summed E-state index contributed by atoms with van der Waals surface area (Å²) in [4.78, 5) is 12.5. The van der Waals surface area contributed by atoms with Gasteiger partial charge in [-0.25, -0.2) is 8.78 Å². The topological polar surface area (TPSA) is 30.2 Å². The molecule has 0 N–H and O–H groups in total. The maximum atomic E-state index is 13.4. The standard InChI is InChI=1S/C19H10F2O2/c20-14-7-5-12(9-15(14)21)18-10-16(22)19-13-4-2-1-3-11(13)6-8-17(19)23-18/h1-10H. The summed E-state index contributed by atoms with van der Waals surface area (Å²) in [7, 11) is 0. The van der Waals surface area contributed by atoms with E-state index >= 15 is 0 Å². The SMILES string of the molecule is O=c1cc(-c2ccc(F)c(F)c2)oc2ccc3ccccc3c12. The molecule has 1 heterocycles. The lowest BCUT2D eigenvalue weighted by Crippen LogP contribution is -2.01. The Labute approximate surface area is 129 Å². The number of benzene rings is 3. The molecule has 0 fully saturated rings. The van der Waals surface area contributed by atoms with Crippen molar-refractivity contribution >= 4 is 21.7 Å². The number of rotatable bonds is 1. The number of hydrogen-bond donors (Lipinski definition) is 0. The Morgan fingerprint density at radius 3 is 2.48 bits per heavy atom. The molecule has 4 heteroatoms. The largest absolute Gasteiger partial charge is 0.456 e. The summed E-state index contributed by atoms with van der Waals surface area (Å²) >= 11 is 0. The van der Waals surface area contributed by atoms with E-state index in [4.69, 9.17) is 4.42 Å². The van der Waals surface area contributed by atoms with Gasteiger partial charge in [0.15, 0.2) is 17.1 Å². The van der Waals surface area contributed by atoms with Crippen molar-refractivity contribution in [2.45, 2.75) is 0 Å². The molecule has 4 rings (SSSR count). The quantitative estimate of drug-likeness (QED) is 0.469. The van der Waals surface area contributed by atoms with Crippen LogP contribution in [-0.4, -0.2) is 0 Å². The van der Waals surface area contributed by atoms with Gasteiger partial charge in [0, 0.05) is 11.6 Å². The number of fused-ring (bicyclic) bond motifs is 3. The van der Waals surface area contributed by atoms with E-state index in [0.717, 1.165) is 22.9 Å². The molecule has 0 atom stereocenters. The van der Waals surface area contributed by atoms with E-state index in [1.807, 2.05) is 30.3 Å². The lowest BCUT2D eigenvalue weighted by molar-refractivity contribution is 0.508. The zero-order chi connectivity index (χ0) is 16.0. The van der Waals surface area contributed by atoms with Crippen molar-refractivity contribution in [3.63, 3.8) is 0 Å². The molecule has 0 saturated carbocycles. The normalized spacial score (nSPS) is 11.2. The number of halogens is 2. The lowest BCUT2D eigenvalue weighted by atomic mass is 10.0. The fourth-order valence-corrected chi connectivity index (χ4v) is 2.72. The van der Waals surface area contributed by atoms with Gasteiger partial charge in [0.05, 0.1) is 5.39 Å². The summed E-state index contributed by atoms with van der Waals surface area (Å²) < 4.78 is 32.2. The van der Waals surface area contributed by atoms with Crippen LogP contribution in [0.2, 0.25) is 0 Å². The smallest absolute Gasteiger partial charge is 0.193 e. The number of hydrogen-bond acceptors (Lipinski definition) is 2. The Morgan fingerprint density at radius 2 is 1.65 bits per heavy atom. The summed E-state index contributed by atoms with van der Waals surface area (Å²) in [6, 6.07) is 15.8. The Kier molecular flexibility index (Phi) is 2.98. The van der Waals surface area contributed by atoms with Gasteiger partial charge in [-0.3, -0.25) is 4.79 Å². The maximum absolute atomic E-state index is 13.4. The van der Waals surface area contributed by atoms with Crippen LogP contribution in [0.15, 0.2) is 69.9 Å². The molecule has 23 heavy (non-hydrogen) atoms. The van der Waals surface area contributed by atoms with Crippen molar-refractivity contribution in [1.82, 2.24) is 0 Å². The fourth-order valence-electron chi connectivity index (χ4n) is 2.72. The summed E-state index contributed by atoms with van der Waals surface area (Å²) in [5, 5.41) is 2.22. The molecule has 112 valence electrons. The monoisotopic (exact) mass is 308 g/mol. The van der Waals surface area contributed by atoms with Crippen molar-refractivity contribution in [3.8, 4) is 11.3 Å². The van der Waals surface area contributed by atoms with Gasteiger partial charge < -0.3 is 4.42 Å². The summed E-state index contributed by atoms with van der Waals surface area (Å²) in [6.45, 7) is 0. The zero-order valence-electron chi connectivity index (χ0n) is 11.8. The highest BCUT2D eigenvalue weighted by molar-refractivity contribution is 6.05. The van der Waals surface area contributed by atoms with Crippen LogP contribution in [0, 0.1) is 11.6 Å². The van der Waals surface area contributed by atoms with Crippen molar-refractivity contribution in [3.05, 3.63) is 82.5 Å². The van der Waals surface area contributed by atoms with Crippen molar-refractivity contribution in [1.29, 1.82) is 0 Å². The fraction of sp³-hybridized carbons (Fsp3) is 0. The molecule has 0 saturated heterocycles. The first-order valence-corrected chi connectivity index (χ1v) is 7.04. The predicted molar refractivity (Wildman–Crippen MR) is 85.3 cm³/mol. The van der Waals surface area contributed by atoms with Gasteiger partial charge in [0.1, 0.15) is 11.3 Å². The van der Waals surface area contributed by atoms with E-state index in [0.29, 0.717) is 16.5 Å². The van der Waals surface area contributed by atoms with Crippen LogP contribution in [0.5, 0.6) is 0 Å². The molecular formula is C19H10F2O2. The molecule has 4 aromatic rings. The van der Waals surface area contributed by atoms with Gasteiger partial charge >= 0.3 is 0 Å². The van der Waals surface area contributed by atoms with E-state index in [1.54, 1.807) is 6.07 Å². The van der Waals surface area contributed by atoms with Crippen LogP contribution in [-0.2, 0) is 0 Å². The molecule has 3 aromatic carbocycles. The first-order chi connectivity index (χ1) is 11.1. The van der Waals surface area contributed by atoms with Gasteiger partial charge in [-0.2, -0.15) is 0 Å². The second kappa shape index (κ2) is 5.02. The third-order valence-corrected chi connectivity index (χ3v) is 3.82.